The Morgan fingerprint density at radius 1 is 1.20 bits per heavy atom. The molecule has 0 heterocycles. The van der Waals surface area contributed by atoms with Gasteiger partial charge in [0.2, 0.25) is 0 Å². The Labute approximate surface area is 151 Å². The average Bonchev–Trinajstić information content (AvgIpc) is 2.49. The maximum atomic E-state index is 12.2. The van der Waals surface area contributed by atoms with Crippen LogP contribution < -0.4 is 10.6 Å². The second kappa shape index (κ2) is 9.44. The minimum Gasteiger partial charge on any atom is -0.460 e. The zero-order chi connectivity index (χ0) is 19.0. The molecular weight excluding hydrogens is 316 g/mol. The number of hydrogen-bond acceptors (Lipinski definition) is 3. The highest BCUT2D eigenvalue weighted by atomic mass is 16.6. The van der Waals surface area contributed by atoms with Crippen molar-refractivity contribution in [2.24, 2.45) is 0 Å². The van der Waals surface area contributed by atoms with Gasteiger partial charge in [-0.15, -0.1) is 0 Å². The van der Waals surface area contributed by atoms with Gasteiger partial charge in [-0.05, 0) is 50.7 Å². The summed E-state index contributed by atoms with van der Waals surface area (Å²) < 4.78 is 5.25. The molecule has 0 saturated heterocycles. The van der Waals surface area contributed by atoms with Crippen molar-refractivity contribution in [1.29, 1.82) is 0 Å². The molecule has 0 bridgehead atoms. The minimum absolute atomic E-state index is 0.242. The number of ether oxygens (including phenoxy) is 1. The van der Waals surface area contributed by atoms with E-state index in [0.29, 0.717) is 25.3 Å². The molecule has 0 aliphatic heterocycles. The number of aryl methyl sites for hydroxylation is 1. The molecule has 25 heavy (non-hydrogen) atoms. The van der Waals surface area contributed by atoms with Gasteiger partial charge in [0.25, 0.3) is 0 Å². The molecule has 1 aromatic carbocycles. The van der Waals surface area contributed by atoms with Gasteiger partial charge in [-0.1, -0.05) is 39.0 Å². The molecule has 0 aromatic heterocycles. The number of para-hydroxylation sites is 1. The van der Waals surface area contributed by atoms with E-state index in [2.05, 4.69) is 31.4 Å². The van der Waals surface area contributed by atoms with Crippen LogP contribution in [0, 0.1) is 0 Å². The Balaban J connectivity index is 2.52. The fourth-order valence-electron chi connectivity index (χ4n) is 2.53. The number of urea groups is 1. The van der Waals surface area contributed by atoms with E-state index >= 15 is 0 Å². The molecule has 0 spiro atoms. The lowest BCUT2D eigenvalue weighted by Crippen LogP contribution is -2.31. The van der Waals surface area contributed by atoms with Crippen molar-refractivity contribution in [3.8, 4) is 0 Å². The molecular formula is C20H32N2O3. The summed E-state index contributed by atoms with van der Waals surface area (Å²) in [6, 6.07) is 5.86. The smallest absolute Gasteiger partial charge is 0.319 e. The molecule has 5 nitrogen and oxygen atoms in total. The van der Waals surface area contributed by atoms with Crippen LogP contribution in [0.15, 0.2) is 18.2 Å². The van der Waals surface area contributed by atoms with E-state index in [1.54, 1.807) is 0 Å². The van der Waals surface area contributed by atoms with Crippen molar-refractivity contribution in [1.82, 2.24) is 5.32 Å². The second-order valence-electron chi connectivity index (χ2n) is 7.46. The van der Waals surface area contributed by atoms with E-state index in [1.807, 2.05) is 39.0 Å². The van der Waals surface area contributed by atoms with E-state index in [-0.39, 0.29) is 12.0 Å². The third-order valence-electron chi connectivity index (χ3n) is 3.69. The number of carbonyl (C=O) groups excluding carboxylic acids is 2. The molecule has 0 aliphatic rings. The zero-order valence-electron chi connectivity index (χ0n) is 16.4. The van der Waals surface area contributed by atoms with Gasteiger partial charge in [0.05, 0.1) is 0 Å². The first kappa shape index (κ1) is 21.0. The summed E-state index contributed by atoms with van der Waals surface area (Å²) in [4.78, 5) is 23.8. The first-order chi connectivity index (χ1) is 11.6. The summed E-state index contributed by atoms with van der Waals surface area (Å²) in [5.41, 5.74) is 2.67. The first-order valence-electron chi connectivity index (χ1n) is 9.02. The number of hydrogen-bond donors (Lipinski definition) is 2. The van der Waals surface area contributed by atoms with Crippen LogP contribution in [0.4, 0.5) is 10.5 Å². The van der Waals surface area contributed by atoms with Crippen LogP contribution in [-0.2, 0) is 16.0 Å². The van der Waals surface area contributed by atoms with Gasteiger partial charge >= 0.3 is 12.0 Å². The van der Waals surface area contributed by atoms with Crippen LogP contribution in [0.3, 0.4) is 0 Å². The summed E-state index contributed by atoms with van der Waals surface area (Å²) in [6.07, 6.45) is 1.70. The molecule has 1 rings (SSSR count). The molecule has 0 saturated carbocycles. The number of nitrogens with one attached hydrogen (secondary N) is 2. The number of benzene rings is 1. The predicted molar refractivity (Wildman–Crippen MR) is 102 cm³/mol. The highest BCUT2D eigenvalue weighted by molar-refractivity contribution is 5.91. The van der Waals surface area contributed by atoms with Crippen molar-refractivity contribution in [2.75, 3.05) is 11.9 Å². The van der Waals surface area contributed by atoms with Gasteiger partial charge in [-0.25, -0.2) is 4.79 Å². The van der Waals surface area contributed by atoms with Gasteiger partial charge in [0.15, 0.2) is 0 Å². The molecule has 0 unspecified atom stereocenters. The lowest BCUT2D eigenvalue weighted by Gasteiger charge is -2.19. The molecule has 0 fully saturated rings. The van der Waals surface area contributed by atoms with E-state index in [0.717, 1.165) is 23.2 Å². The van der Waals surface area contributed by atoms with Crippen LogP contribution >= 0.6 is 0 Å². The quantitative estimate of drug-likeness (QED) is 0.558. The molecule has 2 N–H and O–H groups in total. The van der Waals surface area contributed by atoms with Gasteiger partial charge in [0, 0.05) is 18.7 Å². The number of amides is 2. The van der Waals surface area contributed by atoms with Crippen LogP contribution in [0.2, 0.25) is 0 Å². The highest BCUT2D eigenvalue weighted by Crippen LogP contribution is 2.28. The molecule has 1 aromatic rings. The maximum absolute atomic E-state index is 12.2. The summed E-state index contributed by atoms with van der Waals surface area (Å²) in [7, 11) is 0. The highest BCUT2D eigenvalue weighted by Gasteiger charge is 2.16. The average molecular weight is 348 g/mol. The molecule has 2 amide bonds. The lowest BCUT2D eigenvalue weighted by atomic mass is 9.96. The standard InChI is InChI=1S/C20H32N2O3/c1-7-15-10-8-11-16(14(2)3)18(15)22-19(24)21-13-9-12-17(23)25-20(4,5)6/h8,10-11,14H,7,9,12-13H2,1-6H3,(H2,21,22,24). The van der Waals surface area contributed by atoms with E-state index in [4.69, 9.17) is 4.74 Å². The summed E-state index contributed by atoms with van der Waals surface area (Å²) >= 11 is 0. The molecule has 0 aliphatic carbocycles. The molecule has 140 valence electrons. The Bertz CT molecular complexity index is 589. The van der Waals surface area contributed by atoms with E-state index in [9.17, 15) is 9.59 Å². The normalized spacial score (nSPS) is 11.3. The largest absolute Gasteiger partial charge is 0.460 e. The predicted octanol–water partition coefficient (Wildman–Crippen LogP) is 4.62. The molecule has 0 atom stereocenters. The zero-order valence-corrected chi connectivity index (χ0v) is 16.4. The van der Waals surface area contributed by atoms with Gasteiger partial charge < -0.3 is 15.4 Å². The van der Waals surface area contributed by atoms with Crippen LogP contribution in [0.1, 0.15) is 71.4 Å². The van der Waals surface area contributed by atoms with Crippen LogP contribution in [0.25, 0.3) is 0 Å². The Morgan fingerprint density at radius 3 is 2.44 bits per heavy atom. The SMILES string of the molecule is CCc1cccc(C(C)C)c1NC(=O)NCCCC(=O)OC(C)(C)C. The van der Waals surface area contributed by atoms with E-state index < -0.39 is 5.60 Å². The topological polar surface area (TPSA) is 67.4 Å². The monoisotopic (exact) mass is 348 g/mol. The van der Waals surface area contributed by atoms with Crippen molar-refractivity contribution in [2.45, 2.75) is 72.3 Å². The van der Waals surface area contributed by atoms with Crippen molar-refractivity contribution >= 4 is 17.7 Å². The third-order valence-corrected chi connectivity index (χ3v) is 3.69. The van der Waals surface area contributed by atoms with Crippen molar-refractivity contribution < 1.29 is 14.3 Å². The number of carbonyl (C=O) groups is 2. The first-order valence-corrected chi connectivity index (χ1v) is 9.02. The fourth-order valence-corrected chi connectivity index (χ4v) is 2.53. The van der Waals surface area contributed by atoms with Crippen LogP contribution in [-0.4, -0.2) is 24.1 Å². The van der Waals surface area contributed by atoms with Gasteiger partial charge in [-0.2, -0.15) is 0 Å². The summed E-state index contributed by atoms with van der Waals surface area (Å²) in [5.74, 6) is 0.0853. The second-order valence-corrected chi connectivity index (χ2v) is 7.46. The Kier molecular flexibility index (Phi) is 7.94. The number of esters is 1. The number of rotatable bonds is 7. The van der Waals surface area contributed by atoms with E-state index in [1.165, 1.54) is 0 Å². The van der Waals surface area contributed by atoms with Crippen LogP contribution in [0.5, 0.6) is 0 Å². The fraction of sp³-hybridized carbons (Fsp3) is 0.600. The summed E-state index contributed by atoms with van der Waals surface area (Å²) in [5, 5.41) is 5.78. The van der Waals surface area contributed by atoms with Crippen molar-refractivity contribution in [3.63, 3.8) is 0 Å². The Hall–Kier alpha value is -2.04. The Morgan fingerprint density at radius 2 is 1.88 bits per heavy atom. The lowest BCUT2D eigenvalue weighted by molar-refractivity contribution is -0.154. The van der Waals surface area contributed by atoms with Gasteiger partial charge in [-0.3, -0.25) is 4.79 Å². The minimum atomic E-state index is -0.473. The summed E-state index contributed by atoms with van der Waals surface area (Å²) in [6.45, 7) is 12.2. The third kappa shape index (κ3) is 7.59. The van der Waals surface area contributed by atoms with Gasteiger partial charge in [0.1, 0.15) is 5.60 Å². The number of anilines is 1. The molecule has 0 radical (unpaired) electrons. The van der Waals surface area contributed by atoms with Crippen molar-refractivity contribution in [3.05, 3.63) is 29.3 Å². The maximum Gasteiger partial charge on any atom is 0.319 e. The molecule has 5 heteroatoms.